The summed E-state index contributed by atoms with van der Waals surface area (Å²) in [6.45, 7) is 5.12. The van der Waals surface area contributed by atoms with E-state index in [1.807, 2.05) is 28.7 Å². The zero-order valence-corrected chi connectivity index (χ0v) is 16.8. The number of ether oxygens (including phenoxy) is 1. The van der Waals surface area contributed by atoms with Crippen molar-refractivity contribution in [1.82, 2.24) is 29.6 Å². The van der Waals surface area contributed by atoms with E-state index < -0.39 is 0 Å². The number of nitrogens with one attached hydrogen (secondary N) is 2. The normalized spacial score (nSPS) is 15.1. The van der Waals surface area contributed by atoms with Crippen LogP contribution in [0.15, 0.2) is 36.5 Å². The highest BCUT2D eigenvalue weighted by molar-refractivity contribution is 6.05. The Morgan fingerprint density at radius 2 is 2.00 bits per heavy atom. The molecule has 2 N–H and O–H groups in total. The number of para-hydroxylation sites is 2. The summed E-state index contributed by atoms with van der Waals surface area (Å²) in [6.07, 6.45) is 1.75. The Balaban J connectivity index is 1.55. The first-order valence-corrected chi connectivity index (χ1v) is 10.1. The molecular weight excluding hydrogens is 382 g/mol. The van der Waals surface area contributed by atoms with E-state index >= 15 is 0 Å². The maximum absolute atomic E-state index is 12.5. The van der Waals surface area contributed by atoms with Crippen LogP contribution in [0.1, 0.15) is 10.4 Å². The molecule has 30 heavy (non-hydrogen) atoms. The Morgan fingerprint density at radius 3 is 2.83 bits per heavy atom. The van der Waals surface area contributed by atoms with Crippen LogP contribution in [0.2, 0.25) is 0 Å². The molecule has 0 atom stereocenters. The maximum Gasteiger partial charge on any atom is 0.254 e. The Labute approximate surface area is 173 Å². The Hall–Kier alpha value is -3.30. The van der Waals surface area contributed by atoms with Gasteiger partial charge in [-0.15, -0.1) is 0 Å². The van der Waals surface area contributed by atoms with Crippen LogP contribution < -0.4 is 10.6 Å². The molecule has 9 nitrogen and oxygen atoms in total. The van der Waals surface area contributed by atoms with Crippen LogP contribution in [-0.2, 0) is 4.74 Å². The number of imidazole rings is 1. The van der Waals surface area contributed by atoms with E-state index in [4.69, 9.17) is 14.7 Å². The minimum Gasteiger partial charge on any atom is -0.379 e. The molecule has 0 bridgehead atoms. The number of anilines is 1. The van der Waals surface area contributed by atoms with Crippen molar-refractivity contribution in [3.05, 3.63) is 42.1 Å². The second kappa shape index (κ2) is 7.85. The summed E-state index contributed by atoms with van der Waals surface area (Å²) in [5.74, 6) is 0.368. The monoisotopic (exact) mass is 405 g/mol. The number of aromatic nitrogens is 4. The zero-order valence-electron chi connectivity index (χ0n) is 16.8. The molecule has 5 rings (SSSR count). The topological polar surface area (TPSA) is 96.7 Å². The predicted octanol–water partition coefficient (Wildman–Crippen LogP) is 1.53. The maximum atomic E-state index is 12.5. The van der Waals surface area contributed by atoms with Crippen molar-refractivity contribution in [2.24, 2.45) is 0 Å². The number of morpholine rings is 1. The Kier molecular flexibility index (Phi) is 4.89. The summed E-state index contributed by atoms with van der Waals surface area (Å²) in [6, 6.07) is 9.61. The SMILES string of the molecule is CNC(=O)c1cc2cnc(NCCN3CCOCC3)nc2n2c1nc1ccccc12. The number of hydrogen-bond donors (Lipinski definition) is 2. The molecule has 1 saturated heterocycles. The lowest BCUT2D eigenvalue weighted by molar-refractivity contribution is 0.0398. The Morgan fingerprint density at radius 1 is 1.17 bits per heavy atom. The molecule has 0 radical (unpaired) electrons. The molecule has 1 amide bonds. The first kappa shape index (κ1) is 18.7. The van der Waals surface area contributed by atoms with Crippen molar-refractivity contribution in [3.63, 3.8) is 0 Å². The van der Waals surface area contributed by atoms with E-state index in [0.717, 1.165) is 61.5 Å². The van der Waals surface area contributed by atoms with Gasteiger partial charge in [0.25, 0.3) is 5.91 Å². The van der Waals surface area contributed by atoms with Crippen molar-refractivity contribution in [2.75, 3.05) is 51.8 Å². The van der Waals surface area contributed by atoms with Crippen LogP contribution in [-0.4, -0.2) is 76.6 Å². The van der Waals surface area contributed by atoms with E-state index in [1.165, 1.54) is 0 Å². The summed E-state index contributed by atoms with van der Waals surface area (Å²) in [7, 11) is 1.61. The van der Waals surface area contributed by atoms with E-state index in [2.05, 4.69) is 20.5 Å². The molecule has 1 aliphatic rings. The first-order valence-electron chi connectivity index (χ1n) is 10.1. The summed E-state index contributed by atoms with van der Waals surface area (Å²) in [5, 5.41) is 6.79. The van der Waals surface area contributed by atoms with Crippen LogP contribution >= 0.6 is 0 Å². The minimum atomic E-state index is -0.190. The molecule has 1 fully saturated rings. The summed E-state index contributed by atoms with van der Waals surface area (Å²) in [4.78, 5) is 28.7. The van der Waals surface area contributed by atoms with Crippen LogP contribution in [0.25, 0.3) is 27.7 Å². The fourth-order valence-corrected chi connectivity index (χ4v) is 3.84. The van der Waals surface area contributed by atoms with E-state index in [0.29, 0.717) is 17.2 Å². The van der Waals surface area contributed by atoms with Gasteiger partial charge in [0.1, 0.15) is 0 Å². The summed E-state index contributed by atoms with van der Waals surface area (Å²) in [5.41, 5.74) is 3.52. The lowest BCUT2D eigenvalue weighted by atomic mass is 10.2. The van der Waals surface area contributed by atoms with Gasteiger partial charge in [0.05, 0.1) is 29.8 Å². The zero-order chi connectivity index (χ0) is 20.5. The van der Waals surface area contributed by atoms with Gasteiger partial charge in [-0.25, -0.2) is 9.97 Å². The number of fused-ring (bicyclic) bond motifs is 5. The third kappa shape index (κ3) is 3.31. The fourth-order valence-electron chi connectivity index (χ4n) is 3.84. The number of carbonyl (C=O) groups excluding carboxylic acids is 1. The lowest BCUT2D eigenvalue weighted by Gasteiger charge is -2.26. The smallest absolute Gasteiger partial charge is 0.254 e. The van der Waals surface area contributed by atoms with Crippen LogP contribution in [0.3, 0.4) is 0 Å². The van der Waals surface area contributed by atoms with Gasteiger partial charge in [0.2, 0.25) is 5.95 Å². The standard InChI is InChI=1S/C21H23N7O2/c1-22-20(29)15-12-14-13-24-21(23-6-7-27-8-10-30-11-9-27)26-18(14)28-17-5-3-2-4-16(17)25-19(15)28/h2-5,12-13H,6-11H2,1H3,(H,22,29)(H,23,24,26). The van der Waals surface area contributed by atoms with E-state index in [1.54, 1.807) is 19.3 Å². The number of rotatable bonds is 5. The molecule has 154 valence electrons. The quantitative estimate of drug-likeness (QED) is 0.520. The van der Waals surface area contributed by atoms with Gasteiger partial charge in [-0.3, -0.25) is 14.1 Å². The van der Waals surface area contributed by atoms with Crippen molar-refractivity contribution in [1.29, 1.82) is 0 Å². The van der Waals surface area contributed by atoms with Crippen LogP contribution in [0.5, 0.6) is 0 Å². The van der Waals surface area contributed by atoms with Gasteiger partial charge >= 0.3 is 0 Å². The molecule has 1 aliphatic heterocycles. The molecule has 4 heterocycles. The first-order chi connectivity index (χ1) is 14.7. The third-order valence-electron chi connectivity index (χ3n) is 5.40. The summed E-state index contributed by atoms with van der Waals surface area (Å²) >= 11 is 0. The second-order valence-electron chi connectivity index (χ2n) is 7.25. The molecule has 0 aliphatic carbocycles. The third-order valence-corrected chi connectivity index (χ3v) is 5.40. The number of carbonyl (C=O) groups is 1. The highest BCUT2D eigenvalue weighted by Gasteiger charge is 2.18. The largest absolute Gasteiger partial charge is 0.379 e. The summed E-state index contributed by atoms with van der Waals surface area (Å²) < 4.78 is 7.33. The van der Waals surface area contributed by atoms with Gasteiger partial charge in [0.15, 0.2) is 11.3 Å². The van der Waals surface area contributed by atoms with Gasteiger partial charge in [-0.05, 0) is 18.2 Å². The Bertz CT molecular complexity index is 1230. The number of hydrogen-bond acceptors (Lipinski definition) is 7. The van der Waals surface area contributed by atoms with E-state index in [-0.39, 0.29) is 5.91 Å². The van der Waals surface area contributed by atoms with Gasteiger partial charge < -0.3 is 15.4 Å². The van der Waals surface area contributed by atoms with E-state index in [9.17, 15) is 4.79 Å². The van der Waals surface area contributed by atoms with Crippen molar-refractivity contribution in [2.45, 2.75) is 0 Å². The minimum absolute atomic E-state index is 0.190. The molecule has 9 heteroatoms. The average molecular weight is 405 g/mol. The average Bonchev–Trinajstić information content (AvgIpc) is 3.19. The number of nitrogens with zero attached hydrogens (tertiary/aromatic N) is 5. The molecule has 4 aromatic rings. The second-order valence-corrected chi connectivity index (χ2v) is 7.25. The number of pyridine rings is 1. The van der Waals surface area contributed by atoms with Gasteiger partial charge in [-0.2, -0.15) is 4.98 Å². The number of benzene rings is 1. The van der Waals surface area contributed by atoms with Crippen LogP contribution in [0.4, 0.5) is 5.95 Å². The predicted molar refractivity (Wildman–Crippen MR) is 115 cm³/mol. The molecular formula is C21H23N7O2. The molecule has 0 saturated carbocycles. The van der Waals surface area contributed by atoms with Crippen molar-refractivity contribution >= 4 is 39.6 Å². The molecule has 3 aromatic heterocycles. The lowest BCUT2D eigenvalue weighted by Crippen LogP contribution is -2.39. The molecule has 1 aromatic carbocycles. The van der Waals surface area contributed by atoms with Crippen molar-refractivity contribution < 1.29 is 9.53 Å². The van der Waals surface area contributed by atoms with Crippen LogP contribution in [0, 0.1) is 0 Å². The highest BCUT2D eigenvalue weighted by atomic mass is 16.5. The highest BCUT2D eigenvalue weighted by Crippen LogP contribution is 2.25. The van der Waals surface area contributed by atoms with Gasteiger partial charge in [-0.1, -0.05) is 12.1 Å². The fraction of sp³-hybridized carbons (Fsp3) is 0.333. The van der Waals surface area contributed by atoms with Crippen molar-refractivity contribution in [3.8, 4) is 0 Å². The van der Waals surface area contributed by atoms with Gasteiger partial charge in [0, 0.05) is 44.8 Å². The molecule has 0 spiro atoms. The number of amides is 1. The molecule has 0 unspecified atom stereocenters.